The Morgan fingerprint density at radius 3 is 2.63 bits per heavy atom. The highest BCUT2D eigenvalue weighted by atomic mass is 32.1. The summed E-state index contributed by atoms with van der Waals surface area (Å²) in [5.41, 5.74) is 2.04. The summed E-state index contributed by atoms with van der Waals surface area (Å²) in [5, 5.41) is 5.98. The number of rotatable bonds is 7. The van der Waals surface area contributed by atoms with Crippen LogP contribution >= 0.6 is 11.3 Å². The molecule has 1 atom stereocenters. The van der Waals surface area contributed by atoms with Crippen molar-refractivity contribution < 1.29 is 28.7 Å². The number of anilines is 2. The van der Waals surface area contributed by atoms with Crippen molar-refractivity contribution >= 4 is 45.9 Å². The molecule has 1 aromatic carbocycles. The number of esters is 2. The normalized spacial score (nSPS) is 16.8. The van der Waals surface area contributed by atoms with Crippen LogP contribution in [0.1, 0.15) is 47.0 Å². The van der Waals surface area contributed by atoms with Crippen LogP contribution in [0.2, 0.25) is 0 Å². The summed E-state index contributed by atoms with van der Waals surface area (Å²) >= 11 is 1.37. The molecule has 186 valence electrons. The van der Waals surface area contributed by atoms with Gasteiger partial charge in [0.1, 0.15) is 5.00 Å². The third kappa shape index (κ3) is 6.00. The molecule has 1 aliphatic heterocycles. The van der Waals surface area contributed by atoms with E-state index in [1.807, 2.05) is 18.2 Å². The van der Waals surface area contributed by atoms with Crippen LogP contribution in [-0.2, 0) is 31.9 Å². The van der Waals surface area contributed by atoms with Crippen LogP contribution < -0.4 is 10.6 Å². The number of benzene rings is 1. The van der Waals surface area contributed by atoms with Crippen molar-refractivity contribution in [3.05, 3.63) is 46.3 Å². The lowest BCUT2D eigenvalue weighted by Gasteiger charge is -2.31. The van der Waals surface area contributed by atoms with Crippen molar-refractivity contribution in [2.24, 2.45) is 5.92 Å². The van der Waals surface area contributed by atoms with Gasteiger partial charge in [-0.1, -0.05) is 18.2 Å². The molecule has 1 saturated heterocycles. The minimum Gasteiger partial charge on any atom is -0.462 e. The molecule has 0 saturated carbocycles. The monoisotopic (exact) mass is 499 g/mol. The highest BCUT2D eigenvalue weighted by Gasteiger charge is 2.31. The molecule has 2 aromatic rings. The first kappa shape index (κ1) is 24.7. The van der Waals surface area contributed by atoms with Gasteiger partial charge >= 0.3 is 18.0 Å². The minimum absolute atomic E-state index is 0.226. The summed E-state index contributed by atoms with van der Waals surface area (Å²) in [4.78, 5) is 52.8. The second-order valence-electron chi connectivity index (χ2n) is 8.52. The first-order chi connectivity index (χ1) is 17.0. The van der Waals surface area contributed by atoms with E-state index in [2.05, 4.69) is 10.6 Å². The molecule has 1 aliphatic carbocycles. The van der Waals surface area contributed by atoms with E-state index < -0.39 is 30.4 Å². The molecule has 2 N–H and O–H groups in total. The molecule has 2 aliphatic rings. The first-order valence-corrected chi connectivity index (χ1v) is 12.7. The maximum Gasteiger partial charge on any atom is 0.341 e. The number of carbonyl (C=O) groups excluding carboxylic acids is 4. The Bertz CT molecular complexity index is 1100. The lowest BCUT2D eigenvalue weighted by molar-refractivity contribution is -0.152. The Morgan fingerprint density at radius 1 is 1.06 bits per heavy atom. The Kier molecular flexibility index (Phi) is 8.02. The largest absolute Gasteiger partial charge is 0.462 e. The van der Waals surface area contributed by atoms with Crippen molar-refractivity contribution in [2.45, 2.75) is 39.0 Å². The van der Waals surface area contributed by atoms with Crippen LogP contribution in [-0.4, -0.2) is 55.1 Å². The number of urea groups is 1. The molecule has 1 aromatic heterocycles. The number of para-hydroxylation sites is 1. The molecule has 0 spiro atoms. The molecule has 2 heterocycles. The van der Waals surface area contributed by atoms with Crippen molar-refractivity contribution in [3.8, 4) is 0 Å². The Balaban J connectivity index is 1.30. The predicted molar refractivity (Wildman–Crippen MR) is 132 cm³/mol. The van der Waals surface area contributed by atoms with E-state index >= 15 is 0 Å². The first-order valence-electron chi connectivity index (χ1n) is 11.9. The summed E-state index contributed by atoms with van der Waals surface area (Å²) < 4.78 is 10.4. The molecule has 9 nitrogen and oxygen atoms in total. The number of piperidine rings is 1. The number of likely N-dealkylation sites (tertiary alicyclic amines) is 1. The van der Waals surface area contributed by atoms with E-state index in [1.54, 1.807) is 24.0 Å². The van der Waals surface area contributed by atoms with Gasteiger partial charge in [0.25, 0.3) is 5.91 Å². The van der Waals surface area contributed by atoms with E-state index in [4.69, 9.17) is 9.47 Å². The number of ether oxygens (including phenoxy) is 2. The van der Waals surface area contributed by atoms with Gasteiger partial charge in [-0.15, -0.1) is 11.3 Å². The van der Waals surface area contributed by atoms with Gasteiger partial charge < -0.3 is 25.0 Å². The highest BCUT2D eigenvalue weighted by Crippen LogP contribution is 2.39. The van der Waals surface area contributed by atoms with Crippen LogP contribution in [0.25, 0.3) is 0 Å². The quantitative estimate of drug-likeness (QED) is 0.560. The second-order valence-corrected chi connectivity index (χ2v) is 9.62. The fourth-order valence-corrected chi connectivity index (χ4v) is 5.70. The summed E-state index contributed by atoms with van der Waals surface area (Å²) in [7, 11) is 0. The van der Waals surface area contributed by atoms with Crippen molar-refractivity contribution in [2.75, 3.05) is 36.9 Å². The molecule has 10 heteroatoms. The van der Waals surface area contributed by atoms with Crippen molar-refractivity contribution in [1.29, 1.82) is 0 Å². The third-order valence-electron chi connectivity index (χ3n) is 6.07. The van der Waals surface area contributed by atoms with Gasteiger partial charge in [-0.3, -0.25) is 9.59 Å². The Hall–Kier alpha value is -3.40. The van der Waals surface area contributed by atoms with Crippen molar-refractivity contribution in [1.82, 2.24) is 4.90 Å². The van der Waals surface area contributed by atoms with Crippen LogP contribution in [0.3, 0.4) is 0 Å². The van der Waals surface area contributed by atoms with E-state index in [-0.39, 0.29) is 19.2 Å². The number of thiophene rings is 1. The standard InChI is InChI=1S/C25H29N3O6S/c1-2-33-24(31)21-18-11-6-12-19(18)35-22(21)27-20(29)15-34-23(30)16-8-7-13-28(14-16)25(32)26-17-9-4-3-5-10-17/h3-5,9-10,16H,2,6-8,11-15H2,1H3,(H,26,32)(H,27,29). The lowest BCUT2D eigenvalue weighted by Crippen LogP contribution is -2.45. The summed E-state index contributed by atoms with van der Waals surface area (Å²) in [6.07, 6.45) is 3.87. The van der Waals surface area contributed by atoms with Crippen LogP contribution in [0, 0.1) is 5.92 Å². The predicted octanol–water partition coefficient (Wildman–Crippen LogP) is 3.84. The number of amides is 3. The van der Waals surface area contributed by atoms with E-state index in [0.29, 0.717) is 35.6 Å². The molecule has 3 amide bonds. The zero-order valence-electron chi connectivity index (χ0n) is 19.6. The van der Waals surface area contributed by atoms with Crippen LogP contribution in [0.15, 0.2) is 30.3 Å². The van der Waals surface area contributed by atoms with Gasteiger partial charge in [-0.25, -0.2) is 9.59 Å². The van der Waals surface area contributed by atoms with Gasteiger partial charge in [0.15, 0.2) is 6.61 Å². The van der Waals surface area contributed by atoms with Crippen LogP contribution in [0.4, 0.5) is 15.5 Å². The maximum absolute atomic E-state index is 12.6. The number of aryl methyl sites for hydroxylation is 1. The smallest absolute Gasteiger partial charge is 0.341 e. The average molecular weight is 500 g/mol. The lowest BCUT2D eigenvalue weighted by atomic mass is 9.98. The Morgan fingerprint density at radius 2 is 1.86 bits per heavy atom. The van der Waals surface area contributed by atoms with Gasteiger partial charge in [-0.2, -0.15) is 0 Å². The molecule has 4 rings (SSSR count). The second kappa shape index (κ2) is 11.4. The van der Waals surface area contributed by atoms with Gasteiger partial charge in [-0.05, 0) is 56.7 Å². The molecular formula is C25H29N3O6S. The van der Waals surface area contributed by atoms with E-state index in [0.717, 1.165) is 29.7 Å². The Labute approximate surface area is 207 Å². The minimum atomic E-state index is -0.517. The zero-order chi connectivity index (χ0) is 24.8. The molecular weight excluding hydrogens is 470 g/mol. The summed E-state index contributed by atoms with van der Waals surface area (Å²) in [6.45, 7) is 2.29. The topological polar surface area (TPSA) is 114 Å². The number of hydrogen-bond acceptors (Lipinski definition) is 7. The number of carbonyl (C=O) groups is 4. The van der Waals surface area contributed by atoms with E-state index in [9.17, 15) is 19.2 Å². The fourth-order valence-electron chi connectivity index (χ4n) is 4.41. The number of nitrogens with one attached hydrogen (secondary N) is 2. The van der Waals surface area contributed by atoms with Gasteiger partial charge in [0, 0.05) is 23.7 Å². The number of hydrogen-bond donors (Lipinski definition) is 2. The van der Waals surface area contributed by atoms with Gasteiger partial charge in [0.05, 0.1) is 18.1 Å². The molecule has 1 fully saturated rings. The highest BCUT2D eigenvalue weighted by molar-refractivity contribution is 7.17. The molecule has 35 heavy (non-hydrogen) atoms. The van der Waals surface area contributed by atoms with Gasteiger partial charge in [0.2, 0.25) is 0 Å². The zero-order valence-corrected chi connectivity index (χ0v) is 20.4. The fraction of sp³-hybridized carbons (Fsp3) is 0.440. The maximum atomic E-state index is 12.6. The number of nitrogens with zero attached hydrogens (tertiary/aromatic N) is 1. The molecule has 0 bridgehead atoms. The SMILES string of the molecule is CCOC(=O)c1c(NC(=O)COC(=O)C2CCCN(C(=O)Nc3ccccc3)C2)sc2c1CCC2. The third-order valence-corrected chi connectivity index (χ3v) is 7.27. The molecule has 0 radical (unpaired) electrons. The van der Waals surface area contributed by atoms with Crippen LogP contribution in [0.5, 0.6) is 0 Å². The van der Waals surface area contributed by atoms with Crippen molar-refractivity contribution in [3.63, 3.8) is 0 Å². The summed E-state index contributed by atoms with van der Waals surface area (Å²) in [6, 6.07) is 8.84. The average Bonchev–Trinajstić information content (AvgIpc) is 3.44. The van der Waals surface area contributed by atoms with E-state index in [1.165, 1.54) is 11.3 Å². The summed E-state index contributed by atoms with van der Waals surface area (Å²) in [5.74, 6) is -1.98. The number of fused-ring (bicyclic) bond motifs is 1. The molecule has 1 unspecified atom stereocenters.